The third-order valence-corrected chi connectivity index (χ3v) is 5.90. The highest BCUT2D eigenvalue weighted by atomic mass is 32.2. The van der Waals surface area contributed by atoms with Crippen LogP contribution in [0.1, 0.15) is 12.0 Å². The SMILES string of the molecule is COCCN(C(=O)COc1ccc(C#N)cc1OC)[C@H]1CCS(=O)(=O)C1. The minimum atomic E-state index is -3.11. The number of amides is 1. The Bertz CT molecular complexity index is 787. The average Bonchev–Trinajstić information content (AvgIpc) is 2.99. The fraction of sp³-hybridized carbons (Fsp3) is 0.529. The number of carbonyl (C=O) groups is 1. The van der Waals surface area contributed by atoms with E-state index < -0.39 is 9.84 Å². The second-order valence-corrected chi connectivity index (χ2v) is 8.13. The van der Waals surface area contributed by atoms with Crippen molar-refractivity contribution in [3.8, 4) is 17.6 Å². The summed E-state index contributed by atoms with van der Waals surface area (Å²) >= 11 is 0. The molecule has 0 radical (unpaired) electrons. The molecule has 0 bridgehead atoms. The maximum Gasteiger partial charge on any atom is 0.260 e. The van der Waals surface area contributed by atoms with Crippen molar-refractivity contribution >= 4 is 15.7 Å². The minimum absolute atomic E-state index is 0.0390. The molecule has 142 valence electrons. The quantitative estimate of drug-likeness (QED) is 0.648. The summed E-state index contributed by atoms with van der Waals surface area (Å²) in [6.45, 7) is 0.342. The predicted molar refractivity (Wildman–Crippen MR) is 93.9 cm³/mol. The Labute approximate surface area is 153 Å². The van der Waals surface area contributed by atoms with Gasteiger partial charge in [-0.25, -0.2) is 8.42 Å². The van der Waals surface area contributed by atoms with Gasteiger partial charge in [-0.3, -0.25) is 4.79 Å². The van der Waals surface area contributed by atoms with E-state index in [0.29, 0.717) is 36.6 Å². The van der Waals surface area contributed by atoms with E-state index in [1.54, 1.807) is 12.1 Å². The summed E-state index contributed by atoms with van der Waals surface area (Å²) in [6.07, 6.45) is 0.415. The van der Waals surface area contributed by atoms with E-state index in [1.165, 1.54) is 25.2 Å². The molecule has 1 fully saturated rings. The topological polar surface area (TPSA) is 106 Å². The number of nitriles is 1. The Morgan fingerprint density at radius 1 is 1.35 bits per heavy atom. The van der Waals surface area contributed by atoms with E-state index in [1.807, 2.05) is 6.07 Å². The Hall–Kier alpha value is -2.31. The lowest BCUT2D eigenvalue weighted by molar-refractivity contribution is -0.136. The first kappa shape index (κ1) is 20.0. The maximum absolute atomic E-state index is 12.6. The third kappa shape index (κ3) is 5.09. The molecular formula is C17H22N2O6S. The van der Waals surface area contributed by atoms with Gasteiger partial charge in [0, 0.05) is 25.8 Å². The van der Waals surface area contributed by atoms with Gasteiger partial charge in [-0.1, -0.05) is 0 Å². The number of nitrogens with zero attached hydrogens (tertiary/aromatic N) is 2. The summed E-state index contributed by atoms with van der Waals surface area (Å²) in [6, 6.07) is 6.28. The van der Waals surface area contributed by atoms with Crippen molar-refractivity contribution in [3.63, 3.8) is 0 Å². The van der Waals surface area contributed by atoms with Crippen molar-refractivity contribution in [3.05, 3.63) is 23.8 Å². The van der Waals surface area contributed by atoms with Crippen molar-refractivity contribution in [2.45, 2.75) is 12.5 Å². The third-order valence-electron chi connectivity index (χ3n) is 4.15. The predicted octanol–water partition coefficient (Wildman–Crippen LogP) is 0.608. The first-order chi connectivity index (χ1) is 12.4. The van der Waals surface area contributed by atoms with E-state index in [-0.39, 0.29) is 30.1 Å². The Morgan fingerprint density at radius 2 is 2.12 bits per heavy atom. The molecule has 2 rings (SSSR count). The molecule has 1 aromatic rings. The summed E-state index contributed by atoms with van der Waals surface area (Å²) in [5.74, 6) is 0.409. The number of hydrogen-bond acceptors (Lipinski definition) is 7. The number of benzene rings is 1. The molecule has 26 heavy (non-hydrogen) atoms. The van der Waals surface area contributed by atoms with Gasteiger partial charge in [-0.15, -0.1) is 0 Å². The molecule has 0 aliphatic carbocycles. The minimum Gasteiger partial charge on any atom is -0.493 e. The van der Waals surface area contributed by atoms with Crippen molar-refractivity contribution in [2.75, 3.05) is 45.5 Å². The lowest BCUT2D eigenvalue weighted by Crippen LogP contribution is -2.45. The van der Waals surface area contributed by atoms with Gasteiger partial charge < -0.3 is 19.1 Å². The number of methoxy groups -OCH3 is 2. The van der Waals surface area contributed by atoms with Crippen LogP contribution < -0.4 is 9.47 Å². The van der Waals surface area contributed by atoms with Crippen molar-refractivity contribution < 1.29 is 27.4 Å². The summed E-state index contributed by atoms with van der Waals surface area (Å²) in [5.41, 5.74) is 0.415. The molecule has 1 aliphatic heterocycles. The summed E-state index contributed by atoms with van der Waals surface area (Å²) in [5, 5.41) is 8.92. The van der Waals surface area contributed by atoms with E-state index in [9.17, 15) is 13.2 Å². The second kappa shape index (κ2) is 8.87. The fourth-order valence-corrected chi connectivity index (χ4v) is 4.53. The van der Waals surface area contributed by atoms with Gasteiger partial charge in [0.2, 0.25) is 0 Å². The van der Waals surface area contributed by atoms with Gasteiger partial charge >= 0.3 is 0 Å². The molecule has 0 aromatic heterocycles. The van der Waals surface area contributed by atoms with Gasteiger partial charge in [0.15, 0.2) is 27.9 Å². The molecule has 1 saturated heterocycles. The molecule has 9 heteroatoms. The average molecular weight is 382 g/mol. The highest BCUT2D eigenvalue weighted by Crippen LogP contribution is 2.28. The molecule has 0 N–H and O–H groups in total. The number of hydrogen-bond donors (Lipinski definition) is 0. The first-order valence-electron chi connectivity index (χ1n) is 8.10. The largest absolute Gasteiger partial charge is 0.493 e. The van der Waals surface area contributed by atoms with Crippen LogP contribution in [0.2, 0.25) is 0 Å². The van der Waals surface area contributed by atoms with Crippen molar-refractivity contribution in [1.82, 2.24) is 4.90 Å². The van der Waals surface area contributed by atoms with Crippen LogP contribution in [-0.4, -0.2) is 70.8 Å². The summed E-state index contributed by atoms with van der Waals surface area (Å²) < 4.78 is 39.2. The highest BCUT2D eigenvalue weighted by molar-refractivity contribution is 7.91. The van der Waals surface area contributed by atoms with E-state index >= 15 is 0 Å². The normalized spacial score (nSPS) is 18.1. The highest BCUT2D eigenvalue weighted by Gasteiger charge is 2.34. The van der Waals surface area contributed by atoms with E-state index in [2.05, 4.69) is 0 Å². The molecule has 1 aromatic carbocycles. The van der Waals surface area contributed by atoms with Crippen molar-refractivity contribution in [1.29, 1.82) is 5.26 Å². The Morgan fingerprint density at radius 3 is 2.69 bits per heavy atom. The van der Waals surface area contributed by atoms with Gasteiger partial charge in [0.1, 0.15) is 0 Å². The van der Waals surface area contributed by atoms with Crippen LogP contribution in [0.5, 0.6) is 11.5 Å². The van der Waals surface area contributed by atoms with E-state index in [0.717, 1.165) is 0 Å². The van der Waals surface area contributed by atoms with E-state index in [4.69, 9.17) is 19.5 Å². The zero-order valence-corrected chi connectivity index (χ0v) is 15.6. The first-order valence-corrected chi connectivity index (χ1v) is 9.92. The lowest BCUT2D eigenvalue weighted by Gasteiger charge is -2.28. The monoisotopic (exact) mass is 382 g/mol. The smallest absolute Gasteiger partial charge is 0.260 e. The molecule has 1 heterocycles. The number of carbonyl (C=O) groups excluding carboxylic acids is 1. The Kier molecular flexibility index (Phi) is 6.83. The van der Waals surface area contributed by atoms with Crippen LogP contribution in [0.3, 0.4) is 0 Å². The summed E-state index contributed by atoms with van der Waals surface area (Å²) in [4.78, 5) is 14.1. The molecular weight excluding hydrogens is 360 g/mol. The Balaban J connectivity index is 2.06. The molecule has 0 saturated carbocycles. The van der Waals surface area contributed by atoms with Gasteiger partial charge in [0.05, 0.1) is 36.9 Å². The van der Waals surface area contributed by atoms with Gasteiger partial charge in [-0.2, -0.15) is 5.26 Å². The van der Waals surface area contributed by atoms with Crippen LogP contribution in [-0.2, 0) is 19.4 Å². The van der Waals surface area contributed by atoms with Crippen LogP contribution in [0.15, 0.2) is 18.2 Å². The van der Waals surface area contributed by atoms with Crippen LogP contribution in [0, 0.1) is 11.3 Å². The van der Waals surface area contributed by atoms with Gasteiger partial charge in [0.25, 0.3) is 5.91 Å². The zero-order chi connectivity index (χ0) is 19.2. The molecule has 1 aliphatic rings. The molecule has 8 nitrogen and oxygen atoms in total. The van der Waals surface area contributed by atoms with Crippen LogP contribution in [0.4, 0.5) is 0 Å². The number of sulfone groups is 1. The fourth-order valence-electron chi connectivity index (χ4n) is 2.80. The molecule has 0 unspecified atom stereocenters. The molecule has 1 atom stereocenters. The number of ether oxygens (including phenoxy) is 3. The van der Waals surface area contributed by atoms with Crippen LogP contribution in [0.25, 0.3) is 0 Å². The van der Waals surface area contributed by atoms with Crippen LogP contribution >= 0.6 is 0 Å². The molecule has 0 spiro atoms. The maximum atomic E-state index is 12.6. The van der Waals surface area contributed by atoms with Gasteiger partial charge in [-0.05, 0) is 18.6 Å². The number of rotatable bonds is 8. The zero-order valence-electron chi connectivity index (χ0n) is 14.8. The molecule has 1 amide bonds. The summed E-state index contributed by atoms with van der Waals surface area (Å²) in [7, 11) is -0.147. The van der Waals surface area contributed by atoms with Crippen molar-refractivity contribution in [2.24, 2.45) is 0 Å². The standard InChI is InChI=1S/C17H22N2O6S/c1-23-7-6-19(14-5-8-26(21,22)12-14)17(20)11-25-15-4-3-13(10-18)9-16(15)24-2/h3-4,9,14H,5-8,11-12H2,1-2H3/t14-/m0/s1. The lowest BCUT2D eigenvalue weighted by atomic mass is 10.2. The second-order valence-electron chi connectivity index (χ2n) is 5.90.